The minimum atomic E-state index is -0.562. The molecule has 6 heteroatoms. The lowest BCUT2D eigenvalue weighted by Crippen LogP contribution is -2.20. The van der Waals surface area contributed by atoms with Gasteiger partial charge in [0.25, 0.3) is 0 Å². The van der Waals surface area contributed by atoms with Gasteiger partial charge in [0.2, 0.25) is 0 Å². The molecule has 0 radical (unpaired) electrons. The van der Waals surface area contributed by atoms with Crippen LogP contribution in [0.5, 0.6) is 0 Å². The van der Waals surface area contributed by atoms with Gasteiger partial charge in [-0.05, 0) is 18.2 Å². The first-order chi connectivity index (χ1) is 8.69. The van der Waals surface area contributed by atoms with Crippen molar-refractivity contribution in [3.63, 3.8) is 0 Å². The third-order valence-electron chi connectivity index (χ3n) is 2.53. The van der Waals surface area contributed by atoms with Gasteiger partial charge in [-0.1, -0.05) is 15.9 Å². The molecule has 1 aliphatic heterocycles. The van der Waals surface area contributed by atoms with E-state index in [0.717, 1.165) is 15.7 Å². The lowest BCUT2D eigenvalue weighted by molar-refractivity contribution is -0.0441. The molecule has 0 aliphatic carbocycles. The van der Waals surface area contributed by atoms with Crippen LogP contribution in [0.3, 0.4) is 0 Å². The van der Waals surface area contributed by atoms with Crippen molar-refractivity contribution < 1.29 is 14.6 Å². The molecule has 0 aromatic heterocycles. The van der Waals surface area contributed by atoms with Gasteiger partial charge in [0.05, 0.1) is 25.2 Å². The number of aliphatic hydroxyl groups is 1. The number of ether oxygens (including phenoxy) is 2. The molecule has 0 bridgehead atoms. The van der Waals surface area contributed by atoms with E-state index >= 15 is 0 Å². The summed E-state index contributed by atoms with van der Waals surface area (Å²) in [7, 11) is 0. The number of nitrogens with one attached hydrogen (secondary N) is 1. The Balaban J connectivity index is 2.06. The van der Waals surface area contributed by atoms with Crippen molar-refractivity contribution in [3.05, 3.63) is 28.2 Å². The number of aliphatic hydroxyl groups excluding tert-OH is 1. The number of halogens is 2. The fourth-order valence-corrected chi connectivity index (χ4v) is 2.31. The first kappa shape index (κ1) is 14.1. The summed E-state index contributed by atoms with van der Waals surface area (Å²) in [5.74, 6) is 0.211. The number of rotatable bonds is 5. The van der Waals surface area contributed by atoms with Crippen molar-refractivity contribution in [2.24, 2.45) is 0 Å². The van der Waals surface area contributed by atoms with Gasteiger partial charge in [-0.2, -0.15) is 0 Å². The van der Waals surface area contributed by atoms with E-state index in [1.165, 1.54) is 0 Å². The van der Waals surface area contributed by atoms with Gasteiger partial charge in [-0.15, -0.1) is 11.6 Å². The lowest BCUT2D eigenvalue weighted by Gasteiger charge is -2.14. The topological polar surface area (TPSA) is 50.7 Å². The monoisotopic (exact) mass is 335 g/mol. The SMILES string of the molecule is OC(CCl)CNc1cc(Br)cc(C2OCCO2)c1. The molecule has 1 unspecified atom stereocenters. The molecule has 1 saturated heterocycles. The van der Waals surface area contributed by atoms with Gasteiger partial charge in [-0.25, -0.2) is 0 Å². The van der Waals surface area contributed by atoms with Crippen LogP contribution in [0.1, 0.15) is 11.9 Å². The van der Waals surface area contributed by atoms with Gasteiger partial charge >= 0.3 is 0 Å². The highest BCUT2D eigenvalue weighted by Gasteiger charge is 2.19. The van der Waals surface area contributed by atoms with E-state index in [1.54, 1.807) is 0 Å². The Bertz CT molecular complexity index is 399. The molecule has 18 heavy (non-hydrogen) atoms. The maximum atomic E-state index is 9.41. The molecule has 1 fully saturated rings. The van der Waals surface area contributed by atoms with Crippen molar-refractivity contribution in [2.45, 2.75) is 12.4 Å². The highest BCUT2D eigenvalue weighted by Crippen LogP contribution is 2.28. The minimum Gasteiger partial charge on any atom is -0.390 e. The van der Waals surface area contributed by atoms with Gasteiger partial charge in [0, 0.05) is 22.3 Å². The van der Waals surface area contributed by atoms with E-state index < -0.39 is 6.10 Å². The zero-order valence-electron chi connectivity index (χ0n) is 9.73. The van der Waals surface area contributed by atoms with Crippen LogP contribution in [0.2, 0.25) is 0 Å². The number of alkyl halides is 1. The van der Waals surface area contributed by atoms with E-state index in [1.807, 2.05) is 18.2 Å². The van der Waals surface area contributed by atoms with Crippen molar-refractivity contribution in [1.82, 2.24) is 0 Å². The molecule has 0 saturated carbocycles. The first-order valence-electron chi connectivity index (χ1n) is 5.70. The summed E-state index contributed by atoms with van der Waals surface area (Å²) in [5, 5.41) is 12.5. The maximum Gasteiger partial charge on any atom is 0.184 e. The van der Waals surface area contributed by atoms with Gasteiger partial charge in [0.15, 0.2) is 6.29 Å². The van der Waals surface area contributed by atoms with Crippen molar-refractivity contribution in [3.8, 4) is 0 Å². The van der Waals surface area contributed by atoms with Crippen LogP contribution in [-0.2, 0) is 9.47 Å². The van der Waals surface area contributed by atoms with Crippen LogP contribution in [0.25, 0.3) is 0 Å². The van der Waals surface area contributed by atoms with Gasteiger partial charge < -0.3 is 19.9 Å². The average Bonchev–Trinajstić information content (AvgIpc) is 2.89. The molecule has 1 aliphatic rings. The van der Waals surface area contributed by atoms with Crippen LogP contribution >= 0.6 is 27.5 Å². The highest BCUT2D eigenvalue weighted by molar-refractivity contribution is 9.10. The molecule has 0 amide bonds. The molecule has 1 aromatic carbocycles. The fourth-order valence-electron chi connectivity index (χ4n) is 1.69. The molecule has 1 aromatic rings. The van der Waals surface area contributed by atoms with Crippen LogP contribution in [0.4, 0.5) is 5.69 Å². The largest absolute Gasteiger partial charge is 0.390 e. The Labute approximate surface area is 119 Å². The van der Waals surface area contributed by atoms with E-state index in [0.29, 0.717) is 19.8 Å². The maximum absolute atomic E-state index is 9.41. The second kappa shape index (κ2) is 6.73. The molecule has 2 rings (SSSR count). The third-order valence-corrected chi connectivity index (χ3v) is 3.35. The second-order valence-corrected chi connectivity index (χ2v) is 5.26. The van der Waals surface area contributed by atoms with Crippen molar-refractivity contribution >= 4 is 33.2 Å². The summed E-state index contributed by atoms with van der Waals surface area (Å²) in [5.41, 5.74) is 1.84. The Hall–Kier alpha value is -0.330. The molecule has 4 nitrogen and oxygen atoms in total. The van der Waals surface area contributed by atoms with Gasteiger partial charge in [-0.3, -0.25) is 0 Å². The first-order valence-corrected chi connectivity index (χ1v) is 7.03. The van der Waals surface area contributed by atoms with E-state index in [4.69, 9.17) is 21.1 Å². The van der Waals surface area contributed by atoms with Crippen molar-refractivity contribution in [1.29, 1.82) is 0 Å². The van der Waals surface area contributed by atoms with E-state index in [-0.39, 0.29) is 12.2 Å². The molecular formula is C12H15BrClNO3. The predicted octanol–water partition coefficient (Wildman–Crippen LogP) is 2.51. The average molecular weight is 337 g/mol. The minimum absolute atomic E-state index is 0.211. The summed E-state index contributed by atoms with van der Waals surface area (Å²) in [6.07, 6.45) is -0.867. The second-order valence-electron chi connectivity index (χ2n) is 4.04. The summed E-state index contributed by atoms with van der Waals surface area (Å²) >= 11 is 8.99. The lowest BCUT2D eigenvalue weighted by atomic mass is 10.2. The quantitative estimate of drug-likeness (QED) is 0.811. The summed E-state index contributed by atoms with van der Waals surface area (Å²) in [4.78, 5) is 0. The summed E-state index contributed by atoms with van der Waals surface area (Å²) < 4.78 is 11.8. The molecule has 2 N–H and O–H groups in total. The van der Waals surface area contributed by atoms with E-state index in [9.17, 15) is 5.11 Å². The van der Waals surface area contributed by atoms with Crippen LogP contribution in [-0.4, -0.2) is 36.8 Å². The molecule has 0 spiro atoms. The third kappa shape index (κ3) is 3.83. The van der Waals surface area contributed by atoms with Crippen LogP contribution in [0, 0.1) is 0 Å². The predicted molar refractivity (Wildman–Crippen MR) is 74.0 cm³/mol. The highest BCUT2D eigenvalue weighted by atomic mass is 79.9. The Morgan fingerprint density at radius 2 is 2.11 bits per heavy atom. The van der Waals surface area contributed by atoms with Crippen LogP contribution < -0.4 is 5.32 Å². The smallest absolute Gasteiger partial charge is 0.184 e. The molecule has 100 valence electrons. The number of benzene rings is 1. The standard InChI is InChI=1S/C12H15BrClNO3/c13-9-3-8(12-17-1-2-18-12)4-10(5-9)15-7-11(16)6-14/h3-5,11-12,15-16H,1-2,6-7H2. The van der Waals surface area contributed by atoms with E-state index in [2.05, 4.69) is 21.2 Å². The number of hydrogen-bond donors (Lipinski definition) is 2. The summed E-state index contributed by atoms with van der Waals surface area (Å²) in [6.45, 7) is 1.64. The Morgan fingerprint density at radius 1 is 1.39 bits per heavy atom. The summed E-state index contributed by atoms with van der Waals surface area (Å²) in [6, 6.07) is 5.83. The molecule has 1 heterocycles. The molecule has 1 atom stereocenters. The number of anilines is 1. The van der Waals surface area contributed by atoms with Gasteiger partial charge in [0.1, 0.15) is 0 Å². The normalized spacial score (nSPS) is 17.9. The Kier molecular flexibility index (Phi) is 5.26. The van der Waals surface area contributed by atoms with Crippen LogP contribution in [0.15, 0.2) is 22.7 Å². The fraction of sp³-hybridized carbons (Fsp3) is 0.500. The zero-order chi connectivity index (χ0) is 13.0. The Morgan fingerprint density at radius 3 is 2.78 bits per heavy atom. The molecular weight excluding hydrogens is 321 g/mol. The van der Waals surface area contributed by atoms with Crippen molar-refractivity contribution in [2.75, 3.05) is 31.0 Å². The zero-order valence-corrected chi connectivity index (χ0v) is 12.1. The number of hydrogen-bond acceptors (Lipinski definition) is 4.